The normalized spacial score (nSPS) is 10.4. The highest BCUT2D eigenvalue weighted by molar-refractivity contribution is 5.89. The topological polar surface area (TPSA) is 79.2 Å². The molecule has 0 saturated heterocycles. The van der Waals surface area contributed by atoms with Gasteiger partial charge in [-0.1, -0.05) is 24.3 Å². The van der Waals surface area contributed by atoms with Gasteiger partial charge in [0.1, 0.15) is 0 Å². The second kappa shape index (κ2) is 7.43. The molecule has 0 saturated carbocycles. The fourth-order valence-corrected chi connectivity index (χ4v) is 2.35. The Morgan fingerprint density at radius 2 is 1.79 bits per heavy atom. The van der Waals surface area contributed by atoms with Crippen LogP contribution in [0.1, 0.15) is 11.1 Å². The smallest absolute Gasteiger partial charge is 0.319 e. The molecule has 1 aromatic heterocycles. The Morgan fingerprint density at radius 1 is 1.04 bits per heavy atom. The first-order valence-electron chi connectivity index (χ1n) is 7.59. The van der Waals surface area contributed by atoms with E-state index >= 15 is 0 Å². The number of aliphatic hydroxyl groups is 1. The summed E-state index contributed by atoms with van der Waals surface area (Å²) in [6.07, 6.45) is 3.57. The maximum atomic E-state index is 12.0. The number of urea groups is 1. The summed E-state index contributed by atoms with van der Waals surface area (Å²) in [7, 11) is 0. The first-order valence-corrected chi connectivity index (χ1v) is 7.59. The zero-order chi connectivity index (χ0) is 16.8. The number of aromatic nitrogens is 2. The third-order valence-electron chi connectivity index (χ3n) is 3.62. The number of anilines is 1. The van der Waals surface area contributed by atoms with Crippen molar-refractivity contribution in [3.05, 3.63) is 78.1 Å². The van der Waals surface area contributed by atoms with E-state index < -0.39 is 0 Å². The lowest BCUT2D eigenvalue weighted by molar-refractivity contribution is 0.251. The predicted octanol–water partition coefficient (Wildman–Crippen LogP) is 2.69. The summed E-state index contributed by atoms with van der Waals surface area (Å²) in [5.74, 6) is 0. The number of aliphatic hydroxyl groups excluding tert-OH is 1. The van der Waals surface area contributed by atoms with Crippen molar-refractivity contribution in [3.8, 4) is 5.69 Å². The summed E-state index contributed by atoms with van der Waals surface area (Å²) in [6, 6.07) is 16.4. The van der Waals surface area contributed by atoms with E-state index in [1.165, 1.54) is 0 Å². The minimum Gasteiger partial charge on any atom is -0.392 e. The van der Waals surface area contributed by atoms with Gasteiger partial charge in [0, 0.05) is 24.6 Å². The Hall–Kier alpha value is -3.12. The van der Waals surface area contributed by atoms with Gasteiger partial charge in [0.2, 0.25) is 0 Å². The van der Waals surface area contributed by atoms with Gasteiger partial charge in [-0.25, -0.2) is 9.48 Å². The summed E-state index contributed by atoms with van der Waals surface area (Å²) >= 11 is 0. The highest BCUT2D eigenvalue weighted by Gasteiger charge is 2.05. The molecule has 2 aromatic carbocycles. The predicted molar refractivity (Wildman–Crippen MR) is 91.8 cm³/mol. The standard InChI is InChI=1S/C18H18N4O2/c23-13-15-5-2-1-4-14(15)12-19-18(24)21-16-6-8-17(9-7-16)22-11-3-10-20-22/h1-11,23H,12-13H2,(H2,19,21,24). The lowest BCUT2D eigenvalue weighted by Crippen LogP contribution is -2.28. The molecule has 3 N–H and O–H groups in total. The van der Waals surface area contributed by atoms with E-state index in [1.54, 1.807) is 10.9 Å². The van der Waals surface area contributed by atoms with Crippen molar-refractivity contribution in [2.75, 3.05) is 5.32 Å². The quantitative estimate of drug-likeness (QED) is 0.676. The van der Waals surface area contributed by atoms with E-state index in [0.717, 1.165) is 16.8 Å². The lowest BCUT2D eigenvalue weighted by atomic mass is 10.1. The Bertz CT molecular complexity index is 798. The molecule has 0 aliphatic heterocycles. The highest BCUT2D eigenvalue weighted by atomic mass is 16.3. The minimum absolute atomic E-state index is 0.0473. The van der Waals surface area contributed by atoms with Crippen molar-refractivity contribution < 1.29 is 9.90 Å². The molecule has 0 spiro atoms. The number of amides is 2. The van der Waals surface area contributed by atoms with E-state index in [9.17, 15) is 9.90 Å². The van der Waals surface area contributed by atoms with Gasteiger partial charge < -0.3 is 15.7 Å². The monoisotopic (exact) mass is 322 g/mol. The molecule has 2 amide bonds. The maximum absolute atomic E-state index is 12.0. The van der Waals surface area contributed by atoms with Crippen LogP contribution >= 0.6 is 0 Å². The lowest BCUT2D eigenvalue weighted by Gasteiger charge is -2.10. The third-order valence-corrected chi connectivity index (χ3v) is 3.62. The Kier molecular flexibility index (Phi) is 4.88. The first kappa shape index (κ1) is 15.8. The summed E-state index contributed by atoms with van der Waals surface area (Å²) in [6.45, 7) is 0.308. The second-order valence-electron chi connectivity index (χ2n) is 5.23. The van der Waals surface area contributed by atoms with Crippen molar-refractivity contribution >= 4 is 11.7 Å². The minimum atomic E-state index is -0.297. The molecule has 0 aliphatic carbocycles. The molecule has 0 aliphatic rings. The van der Waals surface area contributed by atoms with E-state index in [4.69, 9.17) is 0 Å². The molecule has 24 heavy (non-hydrogen) atoms. The van der Waals surface area contributed by atoms with Crippen molar-refractivity contribution in [2.24, 2.45) is 0 Å². The number of rotatable bonds is 5. The van der Waals surface area contributed by atoms with Crippen molar-refractivity contribution in [1.29, 1.82) is 0 Å². The molecule has 1 heterocycles. The van der Waals surface area contributed by atoms with Gasteiger partial charge >= 0.3 is 6.03 Å². The number of nitrogens with one attached hydrogen (secondary N) is 2. The molecular formula is C18H18N4O2. The van der Waals surface area contributed by atoms with E-state index in [2.05, 4.69) is 15.7 Å². The summed E-state index contributed by atoms with van der Waals surface area (Å²) in [5.41, 5.74) is 3.31. The fourth-order valence-electron chi connectivity index (χ4n) is 2.35. The van der Waals surface area contributed by atoms with E-state index in [1.807, 2.05) is 60.8 Å². The van der Waals surface area contributed by atoms with Gasteiger partial charge in [-0.2, -0.15) is 5.10 Å². The van der Waals surface area contributed by atoms with Crippen LogP contribution in [-0.2, 0) is 13.2 Å². The van der Waals surface area contributed by atoms with E-state index in [0.29, 0.717) is 12.2 Å². The Balaban J connectivity index is 1.57. The van der Waals surface area contributed by atoms with Gasteiger partial charge in [-0.05, 0) is 41.5 Å². The molecule has 3 aromatic rings. The van der Waals surface area contributed by atoms with Crippen LogP contribution in [0.2, 0.25) is 0 Å². The Labute approximate surface area is 139 Å². The molecule has 122 valence electrons. The van der Waals surface area contributed by atoms with Crippen molar-refractivity contribution in [1.82, 2.24) is 15.1 Å². The molecule has 0 bridgehead atoms. The van der Waals surface area contributed by atoms with Crippen LogP contribution in [0.15, 0.2) is 67.0 Å². The van der Waals surface area contributed by atoms with E-state index in [-0.39, 0.29) is 12.6 Å². The molecule has 6 nitrogen and oxygen atoms in total. The number of carbonyl (C=O) groups is 1. The third kappa shape index (κ3) is 3.80. The van der Waals surface area contributed by atoms with Gasteiger partial charge in [0.05, 0.1) is 12.3 Å². The molecule has 0 atom stereocenters. The Morgan fingerprint density at radius 3 is 2.46 bits per heavy atom. The number of hydrogen-bond acceptors (Lipinski definition) is 3. The summed E-state index contributed by atoms with van der Waals surface area (Å²) in [4.78, 5) is 12.0. The van der Waals surface area contributed by atoms with Crippen LogP contribution < -0.4 is 10.6 Å². The zero-order valence-electron chi connectivity index (χ0n) is 13.0. The van der Waals surface area contributed by atoms with Crippen LogP contribution in [0.25, 0.3) is 5.69 Å². The fraction of sp³-hybridized carbons (Fsp3) is 0.111. The SMILES string of the molecule is O=C(NCc1ccccc1CO)Nc1ccc(-n2cccn2)cc1. The van der Waals surface area contributed by atoms with Gasteiger partial charge in [-0.15, -0.1) is 0 Å². The number of benzene rings is 2. The van der Waals surface area contributed by atoms with Crippen LogP contribution in [0, 0.1) is 0 Å². The molecule has 6 heteroatoms. The number of carbonyl (C=O) groups excluding carboxylic acids is 1. The molecule has 0 unspecified atom stereocenters. The average Bonchev–Trinajstić information content (AvgIpc) is 3.15. The summed E-state index contributed by atoms with van der Waals surface area (Å²) < 4.78 is 1.75. The highest BCUT2D eigenvalue weighted by Crippen LogP contribution is 2.13. The van der Waals surface area contributed by atoms with Crippen molar-refractivity contribution in [3.63, 3.8) is 0 Å². The van der Waals surface area contributed by atoms with Crippen LogP contribution in [0.5, 0.6) is 0 Å². The van der Waals surface area contributed by atoms with Crippen LogP contribution in [0.4, 0.5) is 10.5 Å². The van der Waals surface area contributed by atoms with Crippen LogP contribution in [0.3, 0.4) is 0 Å². The molecular weight excluding hydrogens is 304 g/mol. The van der Waals surface area contributed by atoms with Crippen LogP contribution in [-0.4, -0.2) is 20.9 Å². The zero-order valence-corrected chi connectivity index (χ0v) is 13.0. The largest absolute Gasteiger partial charge is 0.392 e. The second-order valence-corrected chi connectivity index (χ2v) is 5.23. The number of nitrogens with zero attached hydrogens (tertiary/aromatic N) is 2. The van der Waals surface area contributed by atoms with Gasteiger partial charge in [0.15, 0.2) is 0 Å². The molecule has 0 radical (unpaired) electrons. The number of hydrogen-bond donors (Lipinski definition) is 3. The molecule has 3 rings (SSSR count). The van der Waals surface area contributed by atoms with Gasteiger partial charge in [0.25, 0.3) is 0 Å². The van der Waals surface area contributed by atoms with Gasteiger partial charge in [-0.3, -0.25) is 0 Å². The van der Waals surface area contributed by atoms with Crippen molar-refractivity contribution in [2.45, 2.75) is 13.2 Å². The maximum Gasteiger partial charge on any atom is 0.319 e. The first-order chi connectivity index (χ1) is 11.8. The average molecular weight is 322 g/mol. The summed E-state index contributed by atoms with van der Waals surface area (Å²) in [5, 5.41) is 19.0. The molecule has 0 fully saturated rings.